The second kappa shape index (κ2) is 10.6. The predicted octanol–water partition coefficient (Wildman–Crippen LogP) is 7.30. The molecule has 4 rings (SSSR count). The molecule has 4 nitrogen and oxygen atoms in total. The van der Waals surface area contributed by atoms with Gasteiger partial charge >= 0.3 is 12.1 Å². The Bertz CT molecular complexity index is 1090. The van der Waals surface area contributed by atoms with Gasteiger partial charge in [-0.1, -0.05) is 55.3 Å². The Morgan fingerprint density at radius 2 is 1.74 bits per heavy atom. The Kier molecular flexibility index (Phi) is 7.58. The lowest BCUT2D eigenvalue weighted by molar-refractivity contribution is -0.137. The van der Waals surface area contributed by atoms with Crippen molar-refractivity contribution in [3.8, 4) is 10.4 Å². The molecule has 0 atom stereocenters. The fourth-order valence-electron chi connectivity index (χ4n) is 4.24. The first-order valence-corrected chi connectivity index (χ1v) is 12.0. The molecule has 0 saturated heterocycles. The number of carboxylic acids is 1. The number of alkyl halides is 3. The van der Waals surface area contributed by atoms with Gasteiger partial charge in [-0.25, -0.2) is 4.79 Å². The first-order valence-electron chi connectivity index (χ1n) is 11.2. The molecule has 180 valence electrons. The van der Waals surface area contributed by atoms with Crippen LogP contribution in [0.1, 0.15) is 46.5 Å². The summed E-state index contributed by atoms with van der Waals surface area (Å²) in [6.45, 7) is 0.971. The van der Waals surface area contributed by atoms with Gasteiger partial charge < -0.3 is 14.7 Å². The van der Waals surface area contributed by atoms with Gasteiger partial charge in [-0.2, -0.15) is 13.2 Å². The zero-order chi connectivity index (χ0) is 24.1. The number of hydrogen-bond acceptors (Lipinski definition) is 4. The second-order valence-electron chi connectivity index (χ2n) is 8.54. The van der Waals surface area contributed by atoms with Crippen molar-refractivity contribution in [2.75, 3.05) is 18.2 Å². The molecule has 2 aromatic carbocycles. The molecule has 1 fully saturated rings. The summed E-state index contributed by atoms with van der Waals surface area (Å²) in [5.74, 6) is -0.551. The van der Waals surface area contributed by atoms with E-state index in [1.807, 2.05) is 36.4 Å². The van der Waals surface area contributed by atoms with E-state index in [1.54, 1.807) is 4.90 Å². The van der Waals surface area contributed by atoms with E-state index in [0.29, 0.717) is 23.8 Å². The molecular weight excluding hydrogens is 463 g/mol. The fraction of sp³-hybridized carbons (Fsp3) is 0.346. The Morgan fingerprint density at radius 3 is 2.35 bits per heavy atom. The van der Waals surface area contributed by atoms with Crippen LogP contribution in [0.15, 0.2) is 60.7 Å². The highest BCUT2D eigenvalue weighted by atomic mass is 32.1. The molecule has 0 spiro atoms. The van der Waals surface area contributed by atoms with Gasteiger partial charge in [-0.15, -0.1) is 11.3 Å². The lowest BCUT2D eigenvalue weighted by Gasteiger charge is -2.25. The van der Waals surface area contributed by atoms with E-state index in [9.17, 15) is 23.1 Å². The van der Waals surface area contributed by atoms with Crippen molar-refractivity contribution in [2.24, 2.45) is 5.92 Å². The largest absolute Gasteiger partial charge is 0.477 e. The lowest BCUT2D eigenvalue weighted by Crippen LogP contribution is -2.28. The summed E-state index contributed by atoms with van der Waals surface area (Å²) in [5, 5.41) is 9.88. The number of benzene rings is 2. The summed E-state index contributed by atoms with van der Waals surface area (Å²) < 4.78 is 44.9. The number of halogens is 3. The summed E-state index contributed by atoms with van der Waals surface area (Å²) >= 11 is 1.18. The maximum atomic E-state index is 13.0. The number of carboxylic acid groups (broad SMARTS) is 1. The third kappa shape index (κ3) is 5.98. The van der Waals surface area contributed by atoms with Crippen molar-refractivity contribution < 1.29 is 27.8 Å². The molecule has 1 saturated carbocycles. The summed E-state index contributed by atoms with van der Waals surface area (Å²) in [4.78, 5) is 14.9. The quantitative estimate of drug-likeness (QED) is 0.320. The molecule has 1 aliphatic carbocycles. The Morgan fingerprint density at radius 1 is 1.06 bits per heavy atom. The van der Waals surface area contributed by atoms with Gasteiger partial charge in [0.2, 0.25) is 0 Å². The van der Waals surface area contributed by atoms with Crippen LogP contribution >= 0.6 is 11.3 Å². The van der Waals surface area contributed by atoms with Crippen molar-refractivity contribution in [3.05, 3.63) is 76.7 Å². The average molecular weight is 490 g/mol. The molecule has 1 aliphatic rings. The third-order valence-electron chi connectivity index (χ3n) is 6.04. The van der Waals surface area contributed by atoms with Crippen LogP contribution in [0.4, 0.5) is 18.9 Å². The molecule has 1 aromatic heterocycles. The Balaban J connectivity index is 1.61. The third-order valence-corrected chi connectivity index (χ3v) is 7.20. The van der Waals surface area contributed by atoms with E-state index in [4.69, 9.17) is 4.74 Å². The normalized spacial score (nSPS) is 14.4. The van der Waals surface area contributed by atoms with Crippen LogP contribution in [0.5, 0.6) is 0 Å². The van der Waals surface area contributed by atoms with Crippen LogP contribution in [-0.2, 0) is 17.5 Å². The van der Waals surface area contributed by atoms with E-state index >= 15 is 0 Å². The van der Waals surface area contributed by atoms with Crippen molar-refractivity contribution in [3.63, 3.8) is 0 Å². The van der Waals surface area contributed by atoms with Crippen molar-refractivity contribution >= 4 is 23.0 Å². The molecule has 34 heavy (non-hydrogen) atoms. The minimum Gasteiger partial charge on any atom is -0.477 e. The average Bonchev–Trinajstić information content (AvgIpc) is 3.49. The maximum absolute atomic E-state index is 13.0. The number of rotatable bonds is 9. The van der Waals surface area contributed by atoms with Gasteiger partial charge in [-0.05, 0) is 48.1 Å². The SMILES string of the molecule is O=C(O)c1sc(-c2ccccc2)cc1N(COCC1CCCC1)Cc1ccc(C(F)(F)F)cc1. The molecule has 0 aliphatic heterocycles. The van der Waals surface area contributed by atoms with E-state index in [0.717, 1.165) is 35.4 Å². The fourth-order valence-corrected chi connectivity index (χ4v) is 5.26. The Labute approximate surface area is 200 Å². The van der Waals surface area contributed by atoms with Gasteiger partial charge in [-0.3, -0.25) is 0 Å². The van der Waals surface area contributed by atoms with Crippen molar-refractivity contribution in [2.45, 2.75) is 38.4 Å². The number of carbonyl (C=O) groups is 1. The summed E-state index contributed by atoms with van der Waals surface area (Å²) in [6.07, 6.45) is 0.220. The molecule has 0 radical (unpaired) electrons. The van der Waals surface area contributed by atoms with Gasteiger partial charge in [0.1, 0.15) is 11.6 Å². The maximum Gasteiger partial charge on any atom is 0.416 e. The van der Waals surface area contributed by atoms with Crippen LogP contribution in [-0.4, -0.2) is 24.4 Å². The molecule has 1 N–H and O–H groups in total. The minimum atomic E-state index is -4.41. The highest BCUT2D eigenvalue weighted by Crippen LogP contribution is 2.38. The van der Waals surface area contributed by atoms with Crippen LogP contribution < -0.4 is 4.90 Å². The van der Waals surface area contributed by atoms with Gasteiger partial charge in [0.25, 0.3) is 0 Å². The van der Waals surface area contributed by atoms with E-state index < -0.39 is 17.7 Å². The number of aromatic carboxylic acids is 1. The number of hydrogen-bond donors (Lipinski definition) is 1. The van der Waals surface area contributed by atoms with Crippen LogP contribution in [0.3, 0.4) is 0 Å². The monoisotopic (exact) mass is 489 g/mol. The topological polar surface area (TPSA) is 49.8 Å². The van der Waals surface area contributed by atoms with Gasteiger partial charge in [0, 0.05) is 11.4 Å². The molecular formula is C26H26F3NO3S. The summed E-state index contributed by atoms with van der Waals surface area (Å²) in [6, 6.07) is 16.3. The van der Waals surface area contributed by atoms with E-state index in [-0.39, 0.29) is 18.2 Å². The Hall–Kier alpha value is -2.84. The lowest BCUT2D eigenvalue weighted by atomic mass is 10.1. The molecule has 3 aromatic rings. The summed E-state index contributed by atoms with van der Waals surface area (Å²) in [7, 11) is 0. The van der Waals surface area contributed by atoms with Crippen molar-refractivity contribution in [1.82, 2.24) is 0 Å². The van der Waals surface area contributed by atoms with Crippen LogP contribution in [0.2, 0.25) is 0 Å². The standard InChI is InChI=1S/C26H26F3NO3S/c27-26(28,29)21-12-10-18(11-13-21)15-30(17-33-16-19-6-4-5-7-19)22-14-23(34-24(22)25(31)32)20-8-2-1-3-9-20/h1-3,8-14,19H,4-7,15-17H2,(H,31,32). The number of nitrogens with zero attached hydrogens (tertiary/aromatic N) is 1. The zero-order valence-electron chi connectivity index (χ0n) is 18.6. The minimum absolute atomic E-state index is 0.156. The predicted molar refractivity (Wildman–Crippen MR) is 127 cm³/mol. The first-order chi connectivity index (χ1) is 16.3. The zero-order valence-corrected chi connectivity index (χ0v) is 19.4. The second-order valence-corrected chi connectivity index (χ2v) is 9.59. The molecule has 0 bridgehead atoms. The highest BCUT2D eigenvalue weighted by Gasteiger charge is 2.30. The smallest absolute Gasteiger partial charge is 0.416 e. The molecule has 0 amide bonds. The molecule has 8 heteroatoms. The first kappa shape index (κ1) is 24.3. The number of anilines is 1. The highest BCUT2D eigenvalue weighted by molar-refractivity contribution is 7.18. The van der Waals surface area contributed by atoms with Gasteiger partial charge in [0.15, 0.2) is 0 Å². The van der Waals surface area contributed by atoms with E-state index in [2.05, 4.69) is 0 Å². The number of ether oxygens (including phenoxy) is 1. The van der Waals surface area contributed by atoms with E-state index in [1.165, 1.54) is 36.3 Å². The molecule has 1 heterocycles. The van der Waals surface area contributed by atoms with Gasteiger partial charge in [0.05, 0.1) is 17.9 Å². The van der Waals surface area contributed by atoms with Crippen LogP contribution in [0.25, 0.3) is 10.4 Å². The molecule has 0 unspecified atom stereocenters. The van der Waals surface area contributed by atoms with Crippen molar-refractivity contribution in [1.29, 1.82) is 0 Å². The summed E-state index contributed by atoms with van der Waals surface area (Å²) in [5.41, 5.74) is 1.33. The number of thiophene rings is 1. The van der Waals surface area contributed by atoms with Crippen LogP contribution in [0, 0.1) is 5.92 Å².